The van der Waals surface area contributed by atoms with Gasteiger partial charge in [0.2, 0.25) is 5.95 Å². The summed E-state index contributed by atoms with van der Waals surface area (Å²) >= 11 is 0. The van der Waals surface area contributed by atoms with Crippen LogP contribution in [0.4, 0.5) is 23.3 Å². The third-order valence-electron chi connectivity index (χ3n) is 6.06. The van der Waals surface area contributed by atoms with Crippen LogP contribution in [0.25, 0.3) is 0 Å². The lowest BCUT2D eigenvalue weighted by Crippen LogP contribution is -2.33. The zero-order valence-corrected chi connectivity index (χ0v) is 18.2. The molecule has 0 radical (unpaired) electrons. The number of anilines is 4. The van der Waals surface area contributed by atoms with Gasteiger partial charge in [-0.05, 0) is 31.5 Å². The molecule has 31 heavy (non-hydrogen) atoms. The molecule has 2 N–H and O–H groups in total. The lowest BCUT2D eigenvalue weighted by Gasteiger charge is -2.25. The van der Waals surface area contributed by atoms with E-state index in [9.17, 15) is 0 Å². The van der Waals surface area contributed by atoms with Crippen LogP contribution >= 0.6 is 0 Å². The molecule has 0 saturated carbocycles. The normalized spacial score (nSPS) is 22.7. The van der Waals surface area contributed by atoms with Crippen molar-refractivity contribution in [2.45, 2.75) is 31.2 Å². The second kappa shape index (κ2) is 7.90. The van der Waals surface area contributed by atoms with Crippen molar-refractivity contribution in [3.63, 3.8) is 0 Å². The maximum atomic E-state index is 5.56. The molecule has 1 saturated heterocycles. The summed E-state index contributed by atoms with van der Waals surface area (Å²) in [5, 5.41) is 11.0. The molecule has 1 fully saturated rings. The fourth-order valence-electron chi connectivity index (χ4n) is 4.54. The number of aryl methyl sites for hydroxylation is 1. The molecule has 3 aromatic rings. The van der Waals surface area contributed by atoms with Gasteiger partial charge in [-0.15, -0.1) is 0 Å². The maximum Gasteiger partial charge on any atom is 0.229 e. The third-order valence-corrected chi connectivity index (χ3v) is 6.06. The predicted octanol–water partition coefficient (Wildman–Crippen LogP) is 2.83. The fourth-order valence-corrected chi connectivity index (χ4v) is 4.54. The average Bonchev–Trinajstić information content (AvgIpc) is 3.49. The smallest absolute Gasteiger partial charge is 0.229 e. The molecule has 162 valence electrons. The SMILES string of the molecule is COC[C@]1(C)CN(c2cccc([C@@H]3CCCN3)n2)c2nc(Nc3cnn(C)c3)ncc21. The standard InChI is InChI=1S/C22H28N8O/c1-22(14-31-3)13-30(19-8-4-6-18(27-19)17-7-5-9-23-17)20-16(22)11-24-21(28-20)26-15-10-25-29(2)12-15/h4,6,8,10-12,17,23H,5,7,9,13-14H2,1-3H3,(H,24,26,28)/t17-,22-/m0/s1. The van der Waals surface area contributed by atoms with E-state index < -0.39 is 0 Å². The van der Waals surface area contributed by atoms with Crippen molar-refractivity contribution < 1.29 is 4.74 Å². The minimum absolute atomic E-state index is 0.222. The first-order valence-electron chi connectivity index (χ1n) is 10.7. The van der Waals surface area contributed by atoms with Crippen molar-refractivity contribution >= 4 is 23.3 Å². The van der Waals surface area contributed by atoms with E-state index in [4.69, 9.17) is 14.7 Å². The molecule has 2 atom stereocenters. The molecule has 0 aliphatic carbocycles. The Morgan fingerprint density at radius 3 is 2.94 bits per heavy atom. The van der Waals surface area contributed by atoms with Crippen molar-refractivity contribution in [2.24, 2.45) is 7.05 Å². The number of hydrogen-bond acceptors (Lipinski definition) is 8. The Balaban J connectivity index is 1.52. The Labute approximate surface area is 181 Å². The van der Waals surface area contributed by atoms with Crippen LogP contribution in [0.2, 0.25) is 0 Å². The van der Waals surface area contributed by atoms with E-state index in [-0.39, 0.29) is 5.41 Å². The maximum absolute atomic E-state index is 5.56. The van der Waals surface area contributed by atoms with Gasteiger partial charge in [-0.2, -0.15) is 10.1 Å². The summed E-state index contributed by atoms with van der Waals surface area (Å²) in [4.78, 5) is 16.6. The van der Waals surface area contributed by atoms with Crippen LogP contribution in [0.5, 0.6) is 0 Å². The van der Waals surface area contributed by atoms with Gasteiger partial charge >= 0.3 is 0 Å². The molecule has 0 spiro atoms. The molecule has 0 bridgehead atoms. The Hall–Kier alpha value is -3.04. The summed E-state index contributed by atoms with van der Waals surface area (Å²) in [7, 11) is 3.61. The molecule has 0 aromatic carbocycles. The lowest BCUT2D eigenvalue weighted by atomic mass is 9.87. The lowest BCUT2D eigenvalue weighted by molar-refractivity contribution is 0.145. The van der Waals surface area contributed by atoms with Crippen LogP contribution < -0.4 is 15.5 Å². The third kappa shape index (κ3) is 3.75. The van der Waals surface area contributed by atoms with E-state index in [1.807, 2.05) is 19.4 Å². The van der Waals surface area contributed by atoms with Crippen LogP contribution in [-0.2, 0) is 17.2 Å². The second-order valence-electron chi connectivity index (χ2n) is 8.61. The summed E-state index contributed by atoms with van der Waals surface area (Å²) in [6.45, 7) is 4.55. The molecule has 9 nitrogen and oxygen atoms in total. The van der Waals surface area contributed by atoms with Crippen LogP contribution in [0.1, 0.15) is 37.1 Å². The number of nitrogens with one attached hydrogen (secondary N) is 2. The first-order valence-corrected chi connectivity index (χ1v) is 10.7. The monoisotopic (exact) mass is 420 g/mol. The van der Waals surface area contributed by atoms with Gasteiger partial charge < -0.3 is 20.3 Å². The van der Waals surface area contributed by atoms with Gasteiger partial charge in [-0.3, -0.25) is 4.68 Å². The highest BCUT2D eigenvalue weighted by Gasteiger charge is 2.42. The molecular weight excluding hydrogens is 392 g/mol. The van der Waals surface area contributed by atoms with Gasteiger partial charge in [0.1, 0.15) is 11.6 Å². The number of aromatic nitrogens is 5. The number of pyridine rings is 1. The highest BCUT2D eigenvalue weighted by molar-refractivity contribution is 5.68. The van der Waals surface area contributed by atoms with E-state index in [2.05, 4.69) is 50.7 Å². The van der Waals surface area contributed by atoms with Gasteiger partial charge in [0.15, 0.2) is 0 Å². The zero-order chi connectivity index (χ0) is 21.4. The quantitative estimate of drug-likeness (QED) is 0.629. The van der Waals surface area contributed by atoms with E-state index in [0.29, 0.717) is 18.6 Å². The minimum atomic E-state index is -0.222. The van der Waals surface area contributed by atoms with E-state index in [0.717, 1.165) is 48.1 Å². The largest absolute Gasteiger partial charge is 0.384 e. The van der Waals surface area contributed by atoms with E-state index >= 15 is 0 Å². The van der Waals surface area contributed by atoms with Crippen LogP contribution in [0.15, 0.2) is 36.8 Å². The minimum Gasteiger partial charge on any atom is -0.384 e. The molecule has 2 aliphatic rings. The molecule has 2 aliphatic heterocycles. The van der Waals surface area contributed by atoms with Crippen LogP contribution in [0.3, 0.4) is 0 Å². The Bertz CT molecular complexity index is 1080. The van der Waals surface area contributed by atoms with Crippen molar-refractivity contribution in [3.05, 3.63) is 48.0 Å². The topological polar surface area (TPSA) is 93.0 Å². The van der Waals surface area contributed by atoms with Crippen LogP contribution in [0, 0.1) is 0 Å². The summed E-state index contributed by atoms with van der Waals surface area (Å²) in [6, 6.07) is 6.56. The number of hydrogen-bond donors (Lipinski definition) is 2. The first-order chi connectivity index (χ1) is 15.1. The molecule has 0 unspecified atom stereocenters. The molecule has 5 heterocycles. The van der Waals surface area contributed by atoms with Crippen molar-refractivity contribution in [3.8, 4) is 0 Å². The molecule has 5 rings (SSSR count). The highest BCUT2D eigenvalue weighted by Crippen LogP contribution is 2.43. The van der Waals surface area contributed by atoms with Crippen molar-refractivity contribution in [1.29, 1.82) is 0 Å². The summed E-state index contributed by atoms with van der Waals surface area (Å²) in [5.74, 6) is 2.30. The first kappa shape index (κ1) is 19.9. The van der Waals surface area contributed by atoms with E-state index in [1.54, 1.807) is 18.0 Å². The Kier molecular flexibility index (Phi) is 5.07. The number of fused-ring (bicyclic) bond motifs is 1. The van der Waals surface area contributed by atoms with Crippen molar-refractivity contribution in [1.82, 2.24) is 30.0 Å². The summed E-state index contributed by atoms with van der Waals surface area (Å²) < 4.78 is 7.30. The number of nitrogens with zero attached hydrogens (tertiary/aromatic N) is 6. The second-order valence-corrected chi connectivity index (χ2v) is 8.61. The Morgan fingerprint density at radius 1 is 1.29 bits per heavy atom. The molecular formula is C22H28N8O. The number of methoxy groups -OCH3 is 1. The van der Waals surface area contributed by atoms with Gasteiger partial charge in [-0.1, -0.05) is 13.0 Å². The summed E-state index contributed by atoms with van der Waals surface area (Å²) in [6.07, 6.45) is 7.86. The fraction of sp³-hybridized carbons (Fsp3) is 0.455. The summed E-state index contributed by atoms with van der Waals surface area (Å²) in [5.41, 5.74) is 2.77. The number of rotatable bonds is 6. The van der Waals surface area contributed by atoms with E-state index in [1.165, 1.54) is 6.42 Å². The van der Waals surface area contributed by atoms with Gasteiger partial charge in [0, 0.05) is 50.1 Å². The molecule has 0 amide bonds. The number of ether oxygens (including phenoxy) is 1. The van der Waals surface area contributed by atoms with Gasteiger partial charge in [0.05, 0.1) is 24.2 Å². The average molecular weight is 421 g/mol. The zero-order valence-electron chi connectivity index (χ0n) is 18.2. The molecule has 3 aromatic heterocycles. The van der Waals surface area contributed by atoms with Gasteiger partial charge in [-0.25, -0.2) is 9.97 Å². The van der Waals surface area contributed by atoms with Gasteiger partial charge in [0.25, 0.3) is 0 Å². The van der Waals surface area contributed by atoms with Crippen molar-refractivity contribution in [2.75, 3.05) is 37.0 Å². The predicted molar refractivity (Wildman–Crippen MR) is 119 cm³/mol. The highest BCUT2D eigenvalue weighted by atomic mass is 16.5. The Morgan fingerprint density at radius 2 is 2.19 bits per heavy atom. The van der Waals surface area contributed by atoms with Crippen LogP contribution in [-0.4, -0.2) is 51.5 Å². The molecule has 9 heteroatoms.